The minimum Gasteiger partial charge on any atom is -0.508 e. The summed E-state index contributed by atoms with van der Waals surface area (Å²) in [6.07, 6.45) is 5.02. The van der Waals surface area contributed by atoms with Crippen LogP contribution in [0.2, 0.25) is 0 Å². The van der Waals surface area contributed by atoms with Crippen molar-refractivity contribution in [3.8, 4) is 11.5 Å². The van der Waals surface area contributed by atoms with Crippen LogP contribution in [0.3, 0.4) is 0 Å². The number of amidine groups is 1. The van der Waals surface area contributed by atoms with Crippen LogP contribution in [-0.2, 0) is 24.1 Å². The lowest BCUT2D eigenvalue weighted by atomic mass is 9.97. The standard InChI is InChI=1S/C20H22N4O4S/c25-11-8-15-13(16(26)9-11)10-17(21-15)23-18(27)6-3-7-29-20-22-14-5-2-1-4-12(14)19(28)24-20/h8-9,25-26H,1-7,10H2,(H,21,23,27)(H,22,24,28). The Morgan fingerprint density at radius 3 is 2.90 bits per heavy atom. The Labute approximate surface area is 171 Å². The molecule has 2 heterocycles. The van der Waals surface area contributed by atoms with Crippen LogP contribution in [0.4, 0.5) is 5.69 Å². The minimum absolute atomic E-state index is 0.0315. The smallest absolute Gasteiger partial charge is 0.254 e. The molecule has 152 valence electrons. The van der Waals surface area contributed by atoms with Crippen molar-refractivity contribution in [1.82, 2.24) is 15.3 Å². The molecule has 9 heteroatoms. The van der Waals surface area contributed by atoms with E-state index in [9.17, 15) is 19.8 Å². The summed E-state index contributed by atoms with van der Waals surface area (Å²) >= 11 is 1.45. The number of aromatic hydroxyl groups is 2. The highest BCUT2D eigenvalue weighted by Crippen LogP contribution is 2.36. The number of nitrogens with one attached hydrogen (secondary N) is 2. The number of rotatable bonds is 5. The van der Waals surface area contributed by atoms with Gasteiger partial charge in [0.25, 0.3) is 5.56 Å². The first-order chi connectivity index (χ1) is 14.0. The summed E-state index contributed by atoms with van der Waals surface area (Å²) in [4.78, 5) is 36.0. The Balaban J connectivity index is 1.25. The van der Waals surface area contributed by atoms with Crippen LogP contribution >= 0.6 is 11.8 Å². The topological polar surface area (TPSA) is 128 Å². The predicted molar refractivity (Wildman–Crippen MR) is 110 cm³/mol. The molecule has 1 aromatic carbocycles. The molecule has 0 radical (unpaired) electrons. The minimum atomic E-state index is -0.159. The van der Waals surface area contributed by atoms with Gasteiger partial charge in [-0.15, -0.1) is 0 Å². The van der Waals surface area contributed by atoms with E-state index in [1.54, 1.807) is 0 Å². The summed E-state index contributed by atoms with van der Waals surface area (Å²) in [5, 5.41) is 22.7. The van der Waals surface area contributed by atoms with Crippen molar-refractivity contribution in [2.45, 2.75) is 50.1 Å². The molecular weight excluding hydrogens is 392 g/mol. The highest BCUT2D eigenvalue weighted by Gasteiger charge is 2.21. The number of hydrogen-bond acceptors (Lipinski definition) is 7. The van der Waals surface area contributed by atoms with Gasteiger partial charge in [0.05, 0.1) is 11.4 Å². The number of benzene rings is 1. The first-order valence-corrected chi connectivity index (χ1v) is 10.7. The summed E-state index contributed by atoms with van der Waals surface area (Å²) in [6.45, 7) is 0. The molecule has 0 bridgehead atoms. The van der Waals surface area contributed by atoms with Gasteiger partial charge in [-0.25, -0.2) is 9.98 Å². The van der Waals surface area contributed by atoms with Gasteiger partial charge in [0.15, 0.2) is 5.16 Å². The molecule has 0 saturated carbocycles. The number of thioether (sulfide) groups is 1. The van der Waals surface area contributed by atoms with E-state index in [0.29, 0.717) is 47.3 Å². The molecule has 1 aromatic heterocycles. The van der Waals surface area contributed by atoms with Gasteiger partial charge in [0, 0.05) is 41.9 Å². The maximum Gasteiger partial charge on any atom is 0.254 e. The van der Waals surface area contributed by atoms with Gasteiger partial charge in [-0.1, -0.05) is 11.8 Å². The summed E-state index contributed by atoms with van der Waals surface area (Å²) in [5.74, 6) is 0.864. The Hall–Kier alpha value is -2.81. The molecule has 0 fully saturated rings. The number of amides is 1. The lowest BCUT2D eigenvalue weighted by Crippen LogP contribution is -2.30. The number of aryl methyl sites for hydroxylation is 1. The van der Waals surface area contributed by atoms with Crippen molar-refractivity contribution in [3.05, 3.63) is 39.3 Å². The molecule has 4 N–H and O–H groups in total. The van der Waals surface area contributed by atoms with Crippen molar-refractivity contribution < 1.29 is 15.0 Å². The molecule has 1 aliphatic heterocycles. The van der Waals surface area contributed by atoms with Crippen LogP contribution < -0.4 is 10.9 Å². The number of carbonyl (C=O) groups excluding carboxylic acids is 1. The third kappa shape index (κ3) is 4.45. The maximum absolute atomic E-state index is 12.2. The van der Waals surface area contributed by atoms with Gasteiger partial charge in [0.1, 0.15) is 17.3 Å². The SMILES string of the molecule is O=C(CCCSc1nc2c(c(=O)[nH]1)CCCC2)NC1=Nc2cc(O)cc(O)c2C1. The normalized spacial score (nSPS) is 14.8. The molecule has 1 amide bonds. The summed E-state index contributed by atoms with van der Waals surface area (Å²) in [5.41, 5.74) is 2.75. The number of fused-ring (bicyclic) bond motifs is 2. The quantitative estimate of drug-likeness (QED) is 0.338. The Morgan fingerprint density at radius 2 is 2.03 bits per heavy atom. The van der Waals surface area contributed by atoms with E-state index >= 15 is 0 Å². The van der Waals surface area contributed by atoms with Crippen molar-refractivity contribution in [1.29, 1.82) is 0 Å². The van der Waals surface area contributed by atoms with Crippen molar-refractivity contribution in [3.63, 3.8) is 0 Å². The summed E-state index contributed by atoms with van der Waals surface area (Å²) in [7, 11) is 0. The predicted octanol–water partition coefficient (Wildman–Crippen LogP) is 2.33. The number of H-pyrrole nitrogens is 1. The third-order valence-electron chi connectivity index (χ3n) is 5.03. The van der Waals surface area contributed by atoms with Crippen molar-refractivity contribution >= 4 is 29.2 Å². The second kappa shape index (κ2) is 8.28. The Morgan fingerprint density at radius 1 is 1.21 bits per heavy atom. The number of aliphatic imine (C=N–C) groups is 1. The van der Waals surface area contributed by atoms with Crippen LogP contribution in [0, 0.1) is 0 Å². The van der Waals surface area contributed by atoms with Gasteiger partial charge in [0.2, 0.25) is 5.91 Å². The fourth-order valence-corrected chi connectivity index (χ4v) is 4.43. The monoisotopic (exact) mass is 414 g/mol. The average molecular weight is 414 g/mol. The van der Waals surface area contributed by atoms with E-state index < -0.39 is 0 Å². The lowest BCUT2D eigenvalue weighted by Gasteiger charge is -2.14. The highest BCUT2D eigenvalue weighted by molar-refractivity contribution is 7.99. The molecule has 4 rings (SSSR count). The second-order valence-corrected chi connectivity index (χ2v) is 8.29. The van der Waals surface area contributed by atoms with Crippen molar-refractivity contribution in [2.75, 3.05) is 5.75 Å². The van der Waals surface area contributed by atoms with Crippen LogP contribution in [0.25, 0.3) is 0 Å². The van der Waals surface area contributed by atoms with Crippen LogP contribution in [0.15, 0.2) is 27.1 Å². The fourth-order valence-electron chi connectivity index (χ4n) is 3.61. The summed E-state index contributed by atoms with van der Waals surface area (Å²) in [6, 6.07) is 2.71. The van der Waals surface area contributed by atoms with Gasteiger partial charge >= 0.3 is 0 Å². The average Bonchev–Trinajstić information content (AvgIpc) is 3.08. The number of aromatic amines is 1. The summed E-state index contributed by atoms with van der Waals surface area (Å²) < 4.78 is 0. The third-order valence-corrected chi connectivity index (χ3v) is 5.99. The number of phenols is 2. The second-order valence-electron chi connectivity index (χ2n) is 7.20. The van der Waals surface area contributed by atoms with Gasteiger partial charge in [-0.3, -0.25) is 9.59 Å². The molecular formula is C20H22N4O4S. The van der Waals surface area contributed by atoms with E-state index in [2.05, 4.69) is 20.3 Å². The molecule has 8 nitrogen and oxygen atoms in total. The molecule has 0 spiro atoms. The number of nitrogens with zero attached hydrogens (tertiary/aromatic N) is 2. The number of aromatic nitrogens is 2. The Kier molecular flexibility index (Phi) is 5.57. The molecule has 0 saturated heterocycles. The molecule has 2 aromatic rings. The number of carbonyl (C=O) groups is 1. The Bertz CT molecular complexity index is 1050. The van der Waals surface area contributed by atoms with Crippen molar-refractivity contribution in [2.24, 2.45) is 4.99 Å². The highest BCUT2D eigenvalue weighted by atomic mass is 32.2. The maximum atomic E-state index is 12.2. The van der Waals surface area contributed by atoms with Crippen LogP contribution in [0.5, 0.6) is 11.5 Å². The van der Waals surface area contributed by atoms with Gasteiger partial charge in [-0.05, 0) is 32.1 Å². The van der Waals surface area contributed by atoms with Crippen LogP contribution in [0.1, 0.15) is 42.5 Å². The fraction of sp³-hybridized carbons (Fsp3) is 0.400. The molecule has 1 aliphatic carbocycles. The first-order valence-electron chi connectivity index (χ1n) is 9.67. The molecule has 0 unspecified atom stereocenters. The first kappa shape index (κ1) is 19.5. The van der Waals surface area contributed by atoms with E-state index in [0.717, 1.165) is 36.9 Å². The zero-order chi connectivity index (χ0) is 20.4. The van der Waals surface area contributed by atoms with Gasteiger partial charge in [-0.2, -0.15) is 0 Å². The largest absolute Gasteiger partial charge is 0.508 e. The molecule has 0 atom stereocenters. The molecule has 2 aliphatic rings. The van der Waals surface area contributed by atoms with E-state index in [4.69, 9.17) is 0 Å². The van der Waals surface area contributed by atoms with Gasteiger partial charge < -0.3 is 20.5 Å². The van der Waals surface area contributed by atoms with E-state index in [1.165, 1.54) is 23.9 Å². The number of phenolic OH excluding ortho intramolecular Hbond substituents is 2. The van der Waals surface area contributed by atoms with E-state index in [-0.39, 0.29) is 23.0 Å². The zero-order valence-electron chi connectivity index (χ0n) is 15.8. The number of hydrogen-bond donors (Lipinski definition) is 4. The lowest BCUT2D eigenvalue weighted by molar-refractivity contribution is -0.119. The zero-order valence-corrected chi connectivity index (χ0v) is 16.6. The molecule has 29 heavy (non-hydrogen) atoms. The van der Waals surface area contributed by atoms with Crippen LogP contribution in [-0.4, -0.2) is 37.7 Å². The van der Waals surface area contributed by atoms with E-state index in [1.807, 2.05) is 0 Å².